The lowest BCUT2D eigenvalue weighted by Crippen LogP contribution is -1.95. The molecule has 0 bridgehead atoms. The lowest BCUT2D eigenvalue weighted by atomic mass is 9.91. The number of allylic oxidation sites excluding steroid dienone is 1. The lowest BCUT2D eigenvalue weighted by molar-refractivity contribution is 0.921. The summed E-state index contributed by atoms with van der Waals surface area (Å²) in [5, 5.41) is 0. The summed E-state index contributed by atoms with van der Waals surface area (Å²) in [7, 11) is 2.05. The quantitative estimate of drug-likeness (QED) is 0.428. The molecule has 3 aromatic carbocycles. The molecule has 0 N–H and O–H groups in total. The molecular formula is C25H22N2. The van der Waals surface area contributed by atoms with Gasteiger partial charge in [-0.3, -0.25) is 0 Å². The molecular weight excluding hydrogens is 328 g/mol. The third-order valence-electron chi connectivity index (χ3n) is 4.83. The van der Waals surface area contributed by atoms with Gasteiger partial charge in [0.1, 0.15) is 0 Å². The number of aryl methyl sites for hydroxylation is 1. The molecule has 0 aliphatic rings. The van der Waals surface area contributed by atoms with Crippen LogP contribution in [0.25, 0.3) is 28.1 Å². The monoisotopic (exact) mass is 350 g/mol. The maximum Gasteiger partial charge on any atom is 0.0969 e. The van der Waals surface area contributed by atoms with Crippen molar-refractivity contribution in [2.24, 2.45) is 7.05 Å². The van der Waals surface area contributed by atoms with Crippen LogP contribution < -0.4 is 0 Å². The second-order valence-electron chi connectivity index (χ2n) is 6.53. The molecule has 4 aromatic rings. The van der Waals surface area contributed by atoms with Crippen molar-refractivity contribution >= 4 is 5.57 Å². The third-order valence-corrected chi connectivity index (χ3v) is 4.83. The summed E-state index contributed by atoms with van der Waals surface area (Å²) in [5.74, 6) is 0. The number of hydrogen-bond donors (Lipinski definition) is 0. The smallest absolute Gasteiger partial charge is 0.0969 e. The predicted molar refractivity (Wildman–Crippen MR) is 113 cm³/mol. The van der Waals surface area contributed by atoms with Crippen molar-refractivity contribution in [2.75, 3.05) is 0 Å². The van der Waals surface area contributed by atoms with Gasteiger partial charge < -0.3 is 4.57 Å². The average Bonchev–Trinajstić information content (AvgIpc) is 3.12. The molecule has 2 nitrogen and oxygen atoms in total. The minimum absolute atomic E-state index is 1.01. The van der Waals surface area contributed by atoms with Gasteiger partial charge in [-0.15, -0.1) is 0 Å². The largest absolute Gasteiger partial charge is 0.333 e. The number of rotatable bonds is 4. The van der Waals surface area contributed by atoms with E-state index in [1.54, 1.807) is 0 Å². The molecule has 0 aliphatic carbocycles. The summed E-state index contributed by atoms with van der Waals surface area (Å²) in [6.07, 6.45) is 4.07. The summed E-state index contributed by atoms with van der Waals surface area (Å²) in [4.78, 5) is 4.77. The van der Waals surface area contributed by atoms with Crippen molar-refractivity contribution in [2.45, 2.75) is 6.92 Å². The number of nitrogens with zero attached hydrogens (tertiary/aromatic N) is 2. The van der Waals surface area contributed by atoms with Crippen LogP contribution in [0.3, 0.4) is 0 Å². The van der Waals surface area contributed by atoms with Gasteiger partial charge in [-0.05, 0) is 23.6 Å². The third kappa shape index (κ3) is 3.22. The molecule has 0 amide bonds. The lowest BCUT2D eigenvalue weighted by Gasteiger charge is -2.14. The topological polar surface area (TPSA) is 17.8 Å². The fourth-order valence-corrected chi connectivity index (χ4v) is 3.58. The van der Waals surface area contributed by atoms with Gasteiger partial charge in [-0.25, -0.2) is 4.98 Å². The van der Waals surface area contributed by atoms with E-state index in [-0.39, 0.29) is 0 Å². The fourth-order valence-electron chi connectivity index (χ4n) is 3.58. The van der Waals surface area contributed by atoms with Gasteiger partial charge in [-0.1, -0.05) is 91.0 Å². The van der Waals surface area contributed by atoms with Gasteiger partial charge in [0.2, 0.25) is 0 Å². The highest BCUT2D eigenvalue weighted by molar-refractivity contribution is 5.91. The highest BCUT2D eigenvalue weighted by atomic mass is 15.0. The molecule has 0 unspecified atom stereocenters. The molecule has 2 heteroatoms. The maximum absolute atomic E-state index is 4.77. The zero-order chi connectivity index (χ0) is 18.6. The Kier molecular flexibility index (Phi) is 4.71. The van der Waals surface area contributed by atoms with Crippen molar-refractivity contribution in [1.82, 2.24) is 9.55 Å². The summed E-state index contributed by atoms with van der Waals surface area (Å²) >= 11 is 0. The van der Waals surface area contributed by atoms with E-state index in [1.165, 1.54) is 22.3 Å². The molecule has 0 atom stereocenters. The van der Waals surface area contributed by atoms with Crippen LogP contribution in [-0.4, -0.2) is 9.55 Å². The maximum atomic E-state index is 4.77. The van der Waals surface area contributed by atoms with Crippen LogP contribution in [0.2, 0.25) is 0 Å². The van der Waals surface area contributed by atoms with E-state index in [1.807, 2.05) is 12.4 Å². The summed E-state index contributed by atoms with van der Waals surface area (Å²) in [6, 6.07) is 29.5. The van der Waals surface area contributed by atoms with Gasteiger partial charge in [0.25, 0.3) is 0 Å². The second-order valence-corrected chi connectivity index (χ2v) is 6.53. The molecule has 0 saturated carbocycles. The zero-order valence-corrected chi connectivity index (χ0v) is 15.6. The van der Waals surface area contributed by atoms with Crippen molar-refractivity contribution < 1.29 is 0 Å². The number of aromatic nitrogens is 2. The second kappa shape index (κ2) is 7.46. The highest BCUT2D eigenvalue weighted by Gasteiger charge is 2.17. The number of benzene rings is 3. The van der Waals surface area contributed by atoms with Crippen LogP contribution in [0.1, 0.15) is 18.1 Å². The highest BCUT2D eigenvalue weighted by Crippen LogP contribution is 2.36. The van der Waals surface area contributed by atoms with Crippen molar-refractivity contribution in [1.29, 1.82) is 0 Å². The Hall–Kier alpha value is -3.39. The Balaban J connectivity index is 1.91. The molecule has 132 valence electrons. The van der Waals surface area contributed by atoms with E-state index >= 15 is 0 Å². The summed E-state index contributed by atoms with van der Waals surface area (Å²) in [5.41, 5.74) is 8.08. The van der Waals surface area contributed by atoms with Crippen molar-refractivity contribution in [3.63, 3.8) is 0 Å². The van der Waals surface area contributed by atoms with Crippen LogP contribution >= 0.6 is 0 Å². The van der Waals surface area contributed by atoms with E-state index in [0.29, 0.717) is 0 Å². The predicted octanol–water partition coefficient (Wildman–Crippen LogP) is 6.21. The molecule has 0 spiro atoms. The SMILES string of the molecule is C/C=C(\c1ccccc1)c1ccccc1-c1ncn(C)c1-c1ccccc1. The van der Waals surface area contributed by atoms with Gasteiger partial charge >= 0.3 is 0 Å². The van der Waals surface area contributed by atoms with Crippen molar-refractivity contribution in [3.05, 3.63) is 108 Å². The molecule has 0 aliphatic heterocycles. The molecule has 4 rings (SSSR count). The van der Waals surface area contributed by atoms with Gasteiger partial charge in [0, 0.05) is 18.2 Å². The van der Waals surface area contributed by atoms with E-state index in [9.17, 15) is 0 Å². The van der Waals surface area contributed by atoms with E-state index in [4.69, 9.17) is 4.98 Å². The first-order chi connectivity index (χ1) is 13.3. The zero-order valence-electron chi connectivity index (χ0n) is 15.6. The minimum Gasteiger partial charge on any atom is -0.333 e. The number of hydrogen-bond acceptors (Lipinski definition) is 1. The Labute approximate surface area is 160 Å². The molecule has 1 heterocycles. The van der Waals surface area contributed by atoms with E-state index in [2.05, 4.69) is 103 Å². The first-order valence-electron chi connectivity index (χ1n) is 9.18. The van der Waals surface area contributed by atoms with Gasteiger partial charge in [0.15, 0.2) is 0 Å². The Bertz CT molecular complexity index is 1070. The van der Waals surface area contributed by atoms with Crippen LogP contribution in [0.4, 0.5) is 0 Å². The average molecular weight is 350 g/mol. The summed E-state index contributed by atoms with van der Waals surface area (Å²) in [6.45, 7) is 2.09. The van der Waals surface area contributed by atoms with E-state index in [0.717, 1.165) is 17.0 Å². The molecule has 0 fully saturated rings. The molecule has 27 heavy (non-hydrogen) atoms. The number of imidazole rings is 1. The standard InChI is InChI=1S/C25H22N2/c1-3-21(19-12-6-4-7-13-19)22-16-10-11-17-23(22)24-25(27(2)18-26-24)20-14-8-5-9-15-20/h3-18H,1-2H3/b21-3+. The summed E-state index contributed by atoms with van der Waals surface area (Å²) < 4.78 is 2.10. The van der Waals surface area contributed by atoms with E-state index < -0.39 is 0 Å². The first-order valence-corrected chi connectivity index (χ1v) is 9.18. The van der Waals surface area contributed by atoms with Crippen LogP contribution in [0.15, 0.2) is 97.3 Å². The van der Waals surface area contributed by atoms with Crippen LogP contribution in [-0.2, 0) is 7.05 Å². The minimum atomic E-state index is 1.01. The Morgan fingerprint density at radius 3 is 2.15 bits per heavy atom. The fraction of sp³-hybridized carbons (Fsp3) is 0.0800. The van der Waals surface area contributed by atoms with Crippen LogP contribution in [0.5, 0.6) is 0 Å². The Morgan fingerprint density at radius 2 is 1.44 bits per heavy atom. The normalized spacial score (nSPS) is 11.6. The van der Waals surface area contributed by atoms with Crippen molar-refractivity contribution in [3.8, 4) is 22.5 Å². The van der Waals surface area contributed by atoms with Crippen LogP contribution in [0, 0.1) is 0 Å². The Morgan fingerprint density at radius 1 is 0.815 bits per heavy atom. The van der Waals surface area contributed by atoms with Gasteiger partial charge in [-0.2, -0.15) is 0 Å². The molecule has 0 radical (unpaired) electrons. The molecule has 0 saturated heterocycles. The van der Waals surface area contributed by atoms with Gasteiger partial charge in [0.05, 0.1) is 17.7 Å². The first kappa shape index (κ1) is 17.0. The molecule has 1 aromatic heterocycles.